The van der Waals surface area contributed by atoms with Crippen LogP contribution >= 0.6 is 11.8 Å². The summed E-state index contributed by atoms with van der Waals surface area (Å²) in [5.74, 6) is 7.46. The van der Waals surface area contributed by atoms with Crippen LogP contribution in [0, 0.1) is 11.8 Å². The Morgan fingerprint density at radius 3 is 2.79 bits per heavy atom. The monoisotopic (exact) mass is 210 g/mol. The third-order valence-electron chi connectivity index (χ3n) is 1.81. The van der Waals surface area contributed by atoms with Crippen molar-refractivity contribution in [1.29, 1.82) is 0 Å². The molecule has 0 spiro atoms. The molecular weight excluding hydrogens is 192 g/mol. The molecule has 1 saturated heterocycles. The van der Waals surface area contributed by atoms with Crippen molar-refractivity contribution < 1.29 is 4.74 Å². The summed E-state index contributed by atoms with van der Waals surface area (Å²) in [5.41, 5.74) is 0.796. The highest BCUT2D eigenvalue weighted by Crippen LogP contribution is 2.31. The predicted molar refractivity (Wildman–Crippen MR) is 63.5 cm³/mol. The lowest BCUT2D eigenvalue weighted by Gasteiger charge is -2.18. The molecule has 0 aromatic carbocycles. The van der Waals surface area contributed by atoms with Crippen LogP contribution in [0.5, 0.6) is 0 Å². The second-order valence-electron chi connectivity index (χ2n) is 4.21. The zero-order chi connectivity index (χ0) is 10.6. The van der Waals surface area contributed by atoms with Gasteiger partial charge >= 0.3 is 0 Å². The van der Waals surface area contributed by atoms with E-state index in [-0.39, 0.29) is 5.60 Å². The van der Waals surface area contributed by atoms with E-state index in [1.165, 1.54) is 5.75 Å². The van der Waals surface area contributed by atoms with Crippen molar-refractivity contribution in [2.45, 2.75) is 38.0 Å². The molecule has 0 aliphatic carbocycles. The molecule has 78 valence electrons. The fourth-order valence-corrected chi connectivity index (χ4v) is 1.31. The summed E-state index contributed by atoms with van der Waals surface area (Å²) in [6.07, 6.45) is 0.769. The van der Waals surface area contributed by atoms with Crippen molar-refractivity contribution in [3.05, 3.63) is 12.2 Å². The first-order valence-electron chi connectivity index (χ1n) is 4.89. The van der Waals surface area contributed by atoms with Crippen molar-refractivity contribution in [2.75, 3.05) is 12.4 Å². The van der Waals surface area contributed by atoms with Crippen molar-refractivity contribution >= 4 is 11.8 Å². The van der Waals surface area contributed by atoms with Crippen LogP contribution in [-0.2, 0) is 4.74 Å². The van der Waals surface area contributed by atoms with E-state index in [1.807, 2.05) is 32.5 Å². The molecular formula is C12H18OS. The van der Waals surface area contributed by atoms with Crippen LogP contribution in [0.2, 0.25) is 0 Å². The molecule has 1 unspecified atom stereocenters. The Hall–Kier alpha value is -0.390. The Morgan fingerprint density at radius 1 is 1.64 bits per heavy atom. The topological polar surface area (TPSA) is 9.23 Å². The quantitative estimate of drug-likeness (QED) is 0.401. The summed E-state index contributed by atoms with van der Waals surface area (Å²) in [6, 6.07) is 0. The Morgan fingerprint density at radius 2 is 2.29 bits per heavy atom. The van der Waals surface area contributed by atoms with Crippen molar-refractivity contribution in [2.24, 2.45) is 0 Å². The summed E-state index contributed by atoms with van der Waals surface area (Å²) < 4.78 is 5.71. The summed E-state index contributed by atoms with van der Waals surface area (Å²) in [6.45, 7) is 10.7. The molecule has 2 heteroatoms. The van der Waals surface area contributed by atoms with Crippen molar-refractivity contribution in [1.82, 2.24) is 0 Å². The number of ether oxygens (including phenoxy) is 1. The normalized spacial score (nSPS) is 19.8. The van der Waals surface area contributed by atoms with E-state index in [4.69, 9.17) is 4.74 Å². The molecule has 1 aliphatic heterocycles. The van der Waals surface area contributed by atoms with E-state index in [0.29, 0.717) is 0 Å². The largest absolute Gasteiger partial charge is 0.362 e. The zero-order valence-corrected chi connectivity index (χ0v) is 10.0. The summed E-state index contributed by atoms with van der Waals surface area (Å²) in [5, 5.41) is 0.720. The van der Waals surface area contributed by atoms with Gasteiger partial charge in [-0.15, -0.1) is 0 Å². The third kappa shape index (κ3) is 5.36. The van der Waals surface area contributed by atoms with E-state index < -0.39 is 0 Å². The highest BCUT2D eigenvalue weighted by Gasteiger charge is 2.25. The Kier molecular flexibility index (Phi) is 4.10. The number of rotatable bonds is 4. The molecule has 1 aliphatic rings. The van der Waals surface area contributed by atoms with Crippen LogP contribution in [0.15, 0.2) is 12.2 Å². The number of allylic oxidation sites excluding steroid dienone is 1. The first kappa shape index (κ1) is 11.7. The van der Waals surface area contributed by atoms with Crippen molar-refractivity contribution in [3.63, 3.8) is 0 Å². The minimum Gasteiger partial charge on any atom is -0.362 e. The highest BCUT2D eigenvalue weighted by atomic mass is 32.2. The fourth-order valence-electron chi connectivity index (χ4n) is 0.910. The number of hydrogen-bond donors (Lipinski definition) is 0. The molecule has 1 nitrogen and oxygen atoms in total. The van der Waals surface area contributed by atoms with Gasteiger partial charge in [-0.1, -0.05) is 24.0 Å². The molecule has 1 atom stereocenters. The summed E-state index contributed by atoms with van der Waals surface area (Å²) >= 11 is 1.95. The van der Waals surface area contributed by atoms with E-state index in [1.54, 1.807) is 0 Å². The van der Waals surface area contributed by atoms with Crippen LogP contribution in [0.25, 0.3) is 0 Å². The van der Waals surface area contributed by atoms with Gasteiger partial charge in [-0.2, -0.15) is 11.8 Å². The molecule has 1 rings (SSSR count). The lowest BCUT2D eigenvalue weighted by Crippen LogP contribution is -2.24. The SMILES string of the molecule is C=C(C)CC#CC(C)(C)OCC1CS1. The molecule has 0 bridgehead atoms. The molecule has 1 fully saturated rings. The number of hydrogen-bond acceptors (Lipinski definition) is 2. The molecule has 0 aromatic rings. The number of thioether (sulfide) groups is 1. The molecule has 0 N–H and O–H groups in total. The Balaban J connectivity index is 2.28. The predicted octanol–water partition coefficient (Wildman–Crippen LogP) is 2.87. The lowest BCUT2D eigenvalue weighted by atomic mass is 10.1. The van der Waals surface area contributed by atoms with Crippen LogP contribution in [0.4, 0.5) is 0 Å². The third-order valence-corrected chi connectivity index (χ3v) is 2.75. The van der Waals surface area contributed by atoms with Crippen LogP contribution < -0.4 is 0 Å². The Bertz CT molecular complexity index is 266. The maximum atomic E-state index is 5.71. The van der Waals surface area contributed by atoms with Gasteiger partial charge in [0.1, 0.15) is 5.60 Å². The standard InChI is InChI=1S/C12H18OS/c1-10(2)6-5-7-12(3,4)13-8-11-9-14-11/h11H,1,6,8-9H2,2-4H3. The maximum absolute atomic E-state index is 5.71. The van der Waals surface area contributed by atoms with Gasteiger partial charge in [0.25, 0.3) is 0 Å². The van der Waals surface area contributed by atoms with Gasteiger partial charge in [0, 0.05) is 17.4 Å². The highest BCUT2D eigenvalue weighted by molar-refractivity contribution is 8.06. The first-order chi connectivity index (χ1) is 6.49. The molecule has 0 aromatic heterocycles. The first-order valence-corrected chi connectivity index (χ1v) is 5.94. The van der Waals surface area contributed by atoms with Crippen LogP contribution in [0.1, 0.15) is 27.2 Å². The van der Waals surface area contributed by atoms with Gasteiger partial charge < -0.3 is 4.74 Å². The summed E-state index contributed by atoms with van der Waals surface area (Å²) in [4.78, 5) is 0. The van der Waals surface area contributed by atoms with E-state index in [0.717, 1.165) is 23.9 Å². The Labute approximate surface area is 91.3 Å². The molecule has 1 heterocycles. The van der Waals surface area contributed by atoms with Crippen LogP contribution in [0.3, 0.4) is 0 Å². The van der Waals surface area contributed by atoms with E-state index in [2.05, 4.69) is 18.4 Å². The van der Waals surface area contributed by atoms with Gasteiger partial charge in [-0.25, -0.2) is 0 Å². The summed E-state index contributed by atoms with van der Waals surface area (Å²) in [7, 11) is 0. The molecule has 0 saturated carbocycles. The minimum atomic E-state index is -0.307. The van der Waals surface area contributed by atoms with Crippen molar-refractivity contribution in [3.8, 4) is 11.8 Å². The zero-order valence-electron chi connectivity index (χ0n) is 9.22. The average molecular weight is 210 g/mol. The van der Waals surface area contributed by atoms with E-state index >= 15 is 0 Å². The van der Waals surface area contributed by atoms with Gasteiger partial charge in [-0.3, -0.25) is 0 Å². The van der Waals surface area contributed by atoms with Gasteiger partial charge in [0.05, 0.1) is 6.61 Å². The smallest absolute Gasteiger partial charge is 0.123 e. The van der Waals surface area contributed by atoms with Gasteiger partial charge in [-0.05, 0) is 20.8 Å². The lowest BCUT2D eigenvalue weighted by molar-refractivity contribution is 0.0323. The van der Waals surface area contributed by atoms with E-state index in [9.17, 15) is 0 Å². The van der Waals surface area contributed by atoms with Gasteiger partial charge in [0.2, 0.25) is 0 Å². The fraction of sp³-hybridized carbons (Fsp3) is 0.667. The van der Waals surface area contributed by atoms with Gasteiger partial charge in [0.15, 0.2) is 0 Å². The second kappa shape index (κ2) is 4.91. The molecule has 14 heavy (non-hydrogen) atoms. The molecule has 0 radical (unpaired) electrons. The maximum Gasteiger partial charge on any atom is 0.123 e. The second-order valence-corrected chi connectivity index (χ2v) is 5.55. The average Bonchev–Trinajstić information content (AvgIpc) is 2.82. The molecule has 0 amide bonds. The van der Waals surface area contributed by atoms with Crippen LogP contribution in [-0.4, -0.2) is 23.2 Å². The minimum absolute atomic E-state index is 0.307.